The molecule has 15 heteroatoms. The Balaban J connectivity index is 2.25. The monoisotopic (exact) mass is 476 g/mol. The fraction of sp³-hybridized carbons (Fsp3) is 0.647. The number of rotatable bonds is 9. The third-order valence-electron chi connectivity index (χ3n) is 4.70. The van der Waals surface area contributed by atoms with Gasteiger partial charge >= 0.3 is 11.9 Å². The Hall–Kier alpha value is -2.87. The van der Waals surface area contributed by atoms with E-state index in [4.69, 9.17) is 4.74 Å². The summed E-state index contributed by atoms with van der Waals surface area (Å²) in [5.41, 5.74) is -1.51. The van der Waals surface area contributed by atoms with Crippen LogP contribution in [0, 0.1) is 16.0 Å². The van der Waals surface area contributed by atoms with Crippen LogP contribution in [0.5, 0.6) is 5.88 Å². The van der Waals surface area contributed by atoms with Crippen LogP contribution in [0.15, 0.2) is 6.07 Å². The predicted octanol–water partition coefficient (Wildman–Crippen LogP) is 4.16. The number of hydrogen-bond acceptors (Lipinski definition) is 6. The van der Waals surface area contributed by atoms with Crippen molar-refractivity contribution in [2.24, 2.45) is 5.92 Å². The van der Waals surface area contributed by atoms with Gasteiger partial charge in [0.25, 0.3) is 18.8 Å². The van der Waals surface area contributed by atoms with Crippen LogP contribution >= 0.6 is 0 Å². The lowest BCUT2D eigenvalue weighted by molar-refractivity contribution is -0.384. The summed E-state index contributed by atoms with van der Waals surface area (Å²) in [6.45, 7) is -2.29. The molecule has 1 aliphatic rings. The van der Waals surface area contributed by atoms with Gasteiger partial charge < -0.3 is 15.4 Å². The van der Waals surface area contributed by atoms with Crippen molar-refractivity contribution in [3.8, 4) is 5.88 Å². The molecule has 1 fully saturated rings. The first kappa shape index (κ1) is 25.4. The van der Waals surface area contributed by atoms with Gasteiger partial charge in [-0.05, 0) is 25.7 Å². The van der Waals surface area contributed by atoms with Crippen LogP contribution in [-0.4, -0.2) is 54.0 Å². The quantitative estimate of drug-likeness (QED) is 0.315. The SMILES string of the molecule is O=C(N[C@H]1CC[C@H](C(F)(F)F)CC1)c1cc([N+](=O)[O-])c(NCC(F)F)nc1OCC(F)F. The van der Waals surface area contributed by atoms with Gasteiger partial charge in [0.05, 0.1) is 17.4 Å². The number of nitro groups is 1. The Morgan fingerprint density at radius 2 is 1.81 bits per heavy atom. The summed E-state index contributed by atoms with van der Waals surface area (Å²) in [7, 11) is 0. The minimum absolute atomic E-state index is 0.0211. The second kappa shape index (κ2) is 10.6. The molecular formula is C17H19F7N4O4. The van der Waals surface area contributed by atoms with Gasteiger partial charge in [0, 0.05) is 12.1 Å². The number of halogens is 7. The fourth-order valence-electron chi connectivity index (χ4n) is 3.17. The van der Waals surface area contributed by atoms with Crippen molar-refractivity contribution < 1.29 is 45.2 Å². The number of pyridine rings is 1. The minimum atomic E-state index is -4.36. The summed E-state index contributed by atoms with van der Waals surface area (Å²) >= 11 is 0. The van der Waals surface area contributed by atoms with Gasteiger partial charge in [-0.15, -0.1) is 0 Å². The largest absolute Gasteiger partial charge is 0.471 e. The molecule has 0 atom stereocenters. The van der Waals surface area contributed by atoms with Crippen molar-refractivity contribution in [2.75, 3.05) is 18.5 Å². The highest BCUT2D eigenvalue weighted by atomic mass is 19.4. The first-order valence-corrected chi connectivity index (χ1v) is 9.38. The molecular weight excluding hydrogens is 457 g/mol. The second-order valence-electron chi connectivity index (χ2n) is 7.00. The van der Waals surface area contributed by atoms with Gasteiger partial charge in [-0.2, -0.15) is 18.2 Å². The van der Waals surface area contributed by atoms with Crippen LogP contribution < -0.4 is 15.4 Å². The number of nitrogens with zero attached hydrogens (tertiary/aromatic N) is 2. The second-order valence-corrected chi connectivity index (χ2v) is 7.00. The Bertz CT molecular complexity index is 815. The summed E-state index contributed by atoms with van der Waals surface area (Å²) in [4.78, 5) is 26.4. The minimum Gasteiger partial charge on any atom is -0.471 e. The zero-order valence-electron chi connectivity index (χ0n) is 16.3. The molecule has 1 amide bonds. The molecule has 1 saturated carbocycles. The average Bonchev–Trinajstić information content (AvgIpc) is 2.69. The summed E-state index contributed by atoms with van der Waals surface area (Å²) in [6.07, 6.45) is -10.8. The summed E-state index contributed by atoms with van der Waals surface area (Å²) < 4.78 is 93.1. The number of alkyl halides is 7. The van der Waals surface area contributed by atoms with E-state index < -0.39 is 77.9 Å². The zero-order chi connectivity index (χ0) is 24.1. The third kappa shape index (κ3) is 7.09. The summed E-state index contributed by atoms with van der Waals surface area (Å²) in [6, 6.07) is -0.0714. The number of carbonyl (C=O) groups is 1. The van der Waals surface area contributed by atoms with Crippen molar-refractivity contribution in [3.05, 3.63) is 21.7 Å². The van der Waals surface area contributed by atoms with Crippen LogP contribution in [0.1, 0.15) is 36.0 Å². The van der Waals surface area contributed by atoms with E-state index in [0.717, 1.165) is 0 Å². The van der Waals surface area contributed by atoms with Gasteiger partial charge in [-0.3, -0.25) is 14.9 Å². The number of amides is 1. The maximum atomic E-state index is 12.8. The van der Waals surface area contributed by atoms with Gasteiger partial charge in [0.2, 0.25) is 11.7 Å². The van der Waals surface area contributed by atoms with Crippen molar-refractivity contribution in [1.29, 1.82) is 0 Å². The van der Waals surface area contributed by atoms with Crippen LogP contribution in [-0.2, 0) is 0 Å². The third-order valence-corrected chi connectivity index (χ3v) is 4.70. The van der Waals surface area contributed by atoms with E-state index in [1.807, 2.05) is 5.32 Å². The van der Waals surface area contributed by atoms with Crippen molar-refractivity contribution >= 4 is 17.4 Å². The Labute approximate surface area is 176 Å². The molecule has 2 N–H and O–H groups in total. The highest BCUT2D eigenvalue weighted by Gasteiger charge is 2.41. The van der Waals surface area contributed by atoms with Crippen molar-refractivity contribution in [2.45, 2.75) is 50.8 Å². The van der Waals surface area contributed by atoms with Gasteiger partial charge in [0.1, 0.15) is 5.56 Å². The lowest BCUT2D eigenvalue weighted by atomic mass is 9.85. The van der Waals surface area contributed by atoms with E-state index in [9.17, 15) is 45.6 Å². The van der Waals surface area contributed by atoms with Crippen molar-refractivity contribution in [3.63, 3.8) is 0 Å². The number of hydrogen-bond donors (Lipinski definition) is 2. The zero-order valence-corrected chi connectivity index (χ0v) is 16.3. The molecule has 1 aromatic rings. The van der Waals surface area contributed by atoms with E-state index in [1.54, 1.807) is 0 Å². The molecule has 0 aromatic carbocycles. The van der Waals surface area contributed by atoms with E-state index in [2.05, 4.69) is 10.3 Å². The predicted molar refractivity (Wildman–Crippen MR) is 96.2 cm³/mol. The smallest absolute Gasteiger partial charge is 0.391 e. The van der Waals surface area contributed by atoms with Crippen LogP contribution in [0.4, 0.5) is 42.2 Å². The number of ether oxygens (including phenoxy) is 1. The van der Waals surface area contributed by atoms with E-state index in [1.165, 1.54) is 0 Å². The highest BCUT2D eigenvalue weighted by Crippen LogP contribution is 2.38. The van der Waals surface area contributed by atoms with E-state index in [0.29, 0.717) is 6.07 Å². The molecule has 0 saturated heterocycles. The Morgan fingerprint density at radius 3 is 2.31 bits per heavy atom. The van der Waals surface area contributed by atoms with Crippen LogP contribution in [0.25, 0.3) is 0 Å². The summed E-state index contributed by atoms with van der Waals surface area (Å²) in [5, 5.41) is 15.7. The van der Waals surface area contributed by atoms with Gasteiger partial charge in [0.15, 0.2) is 6.61 Å². The number of carbonyl (C=O) groups excluding carboxylic acids is 1. The fourth-order valence-corrected chi connectivity index (χ4v) is 3.17. The lowest BCUT2D eigenvalue weighted by Gasteiger charge is -2.30. The highest BCUT2D eigenvalue weighted by molar-refractivity contribution is 5.97. The molecule has 32 heavy (non-hydrogen) atoms. The number of nitrogens with one attached hydrogen (secondary N) is 2. The van der Waals surface area contributed by atoms with Gasteiger partial charge in [-0.25, -0.2) is 17.6 Å². The molecule has 1 aliphatic carbocycles. The number of aromatic nitrogens is 1. The molecule has 8 nitrogen and oxygen atoms in total. The van der Waals surface area contributed by atoms with E-state index >= 15 is 0 Å². The molecule has 0 spiro atoms. The van der Waals surface area contributed by atoms with Crippen LogP contribution in [0.3, 0.4) is 0 Å². The molecule has 180 valence electrons. The molecule has 1 aromatic heterocycles. The molecule has 0 aliphatic heterocycles. The molecule has 0 unspecified atom stereocenters. The topological polar surface area (TPSA) is 106 Å². The standard InChI is InChI=1S/C17H19F7N4O4/c18-12(19)6-25-14-11(28(30)31)5-10(16(27-14)32-7-13(20)21)15(29)26-9-3-1-8(2-4-9)17(22,23)24/h5,8-9,12-13H,1-4,6-7H2,(H,25,27)(H,26,29)/t8-,9-. The number of anilines is 1. The average molecular weight is 476 g/mol. The Morgan fingerprint density at radius 1 is 1.19 bits per heavy atom. The molecule has 0 radical (unpaired) electrons. The maximum Gasteiger partial charge on any atom is 0.391 e. The lowest BCUT2D eigenvalue weighted by Crippen LogP contribution is -2.40. The van der Waals surface area contributed by atoms with Crippen molar-refractivity contribution in [1.82, 2.24) is 10.3 Å². The van der Waals surface area contributed by atoms with Gasteiger partial charge in [-0.1, -0.05) is 0 Å². The maximum absolute atomic E-state index is 12.8. The molecule has 2 rings (SSSR count). The first-order valence-electron chi connectivity index (χ1n) is 9.38. The normalized spacial score (nSPS) is 19.2. The molecule has 1 heterocycles. The molecule has 0 bridgehead atoms. The Kier molecular flexibility index (Phi) is 8.44. The summed E-state index contributed by atoms with van der Waals surface area (Å²) in [5.74, 6) is -4.04. The van der Waals surface area contributed by atoms with E-state index in [-0.39, 0.29) is 25.7 Å². The van der Waals surface area contributed by atoms with Crippen LogP contribution in [0.2, 0.25) is 0 Å². The first-order chi connectivity index (χ1) is 14.9.